The Bertz CT molecular complexity index is 711. The average Bonchev–Trinajstić information content (AvgIpc) is 3.24. The number of carbonyl (C=O) groups is 3. The summed E-state index contributed by atoms with van der Waals surface area (Å²) in [7, 11) is 0. The van der Waals surface area contributed by atoms with Crippen molar-refractivity contribution in [1.29, 1.82) is 0 Å². The number of halogens is 1. The maximum atomic E-state index is 13.6. The van der Waals surface area contributed by atoms with Crippen LogP contribution in [0.25, 0.3) is 0 Å². The molecule has 0 bridgehead atoms. The number of nitrogens with zero attached hydrogens (tertiary/aromatic N) is 3. The normalized spacial score (nSPS) is 17.8. The third-order valence-corrected chi connectivity index (χ3v) is 5.57. The summed E-state index contributed by atoms with van der Waals surface area (Å²) >= 11 is 0. The van der Waals surface area contributed by atoms with Crippen LogP contribution in [-0.2, 0) is 9.59 Å². The largest absolute Gasteiger partial charge is 0.339 e. The van der Waals surface area contributed by atoms with Crippen LogP contribution >= 0.6 is 0 Å². The SMILES string of the molecule is O=C(CCC(=O)N1CCN(C(=O)CCN2CCCC2)CC1)c1ccccc1F. The van der Waals surface area contributed by atoms with Crippen LogP contribution in [0.1, 0.15) is 42.5 Å². The maximum Gasteiger partial charge on any atom is 0.223 e. The van der Waals surface area contributed by atoms with Crippen molar-refractivity contribution in [3.63, 3.8) is 0 Å². The minimum Gasteiger partial charge on any atom is -0.339 e. The second-order valence-corrected chi connectivity index (χ2v) is 7.46. The van der Waals surface area contributed by atoms with Gasteiger partial charge >= 0.3 is 0 Å². The first-order valence-corrected chi connectivity index (χ1v) is 10.1. The summed E-state index contributed by atoms with van der Waals surface area (Å²) in [5, 5.41) is 0. The number of hydrogen-bond donors (Lipinski definition) is 0. The fourth-order valence-corrected chi connectivity index (χ4v) is 3.82. The Balaban J connectivity index is 1.38. The smallest absolute Gasteiger partial charge is 0.223 e. The summed E-state index contributed by atoms with van der Waals surface area (Å²) < 4.78 is 13.6. The van der Waals surface area contributed by atoms with Gasteiger partial charge in [-0.25, -0.2) is 4.39 Å². The van der Waals surface area contributed by atoms with Crippen molar-refractivity contribution in [2.45, 2.75) is 32.1 Å². The standard InChI is InChI=1S/C21H28FN3O3/c22-18-6-2-1-5-17(18)19(26)7-8-20(27)24-13-15-25(16-14-24)21(28)9-12-23-10-3-4-11-23/h1-2,5-6H,3-4,7-16H2. The molecule has 0 spiro atoms. The Hall–Kier alpha value is -2.28. The zero-order chi connectivity index (χ0) is 19.9. The van der Waals surface area contributed by atoms with Gasteiger partial charge in [0.15, 0.2) is 5.78 Å². The van der Waals surface area contributed by atoms with Gasteiger partial charge in [0.1, 0.15) is 5.82 Å². The lowest BCUT2D eigenvalue weighted by molar-refractivity contribution is -0.139. The lowest BCUT2D eigenvalue weighted by Gasteiger charge is -2.35. The van der Waals surface area contributed by atoms with Crippen molar-refractivity contribution in [2.75, 3.05) is 45.8 Å². The van der Waals surface area contributed by atoms with Crippen LogP contribution < -0.4 is 0 Å². The van der Waals surface area contributed by atoms with Gasteiger partial charge in [0, 0.05) is 52.0 Å². The molecular weight excluding hydrogens is 361 g/mol. The maximum absolute atomic E-state index is 13.6. The summed E-state index contributed by atoms with van der Waals surface area (Å²) in [6, 6.07) is 5.82. The molecule has 2 fully saturated rings. The predicted octanol–water partition coefficient (Wildman–Crippen LogP) is 1.95. The van der Waals surface area contributed by atoms with E-state index in [1.807, 2.05) is 4.90 Å². The summed E-state index contributed by atoms with van der Waals surface area (Å²) in [4.78, 5) is 42.7. The molecule has 0 saturated carbocycles. The van der Waals surface area contributed by atoms with E-state index >= 15 is 0 Å². The third-order valence-electron chi connectivity index (χ3n) is 5.57. The van der Waals surface area contributed by atoms with Gasteiger partial charge in [-0.3, -0.25) is 14.4 Å². The first-order valence-electron chi connectivity index (χ1n) is 10.1. The van der Waals surface area contributed by atoms with Crippen molar-refractivity contribution < 1.29 is 18.8 Å². The topological polar surface area (TPSA) is 60.9 Å². The molecule has 2 saturated heterocycles. The third kappa shape index (κ3) is 5.38. The highest BCUT2D eigenvalue weighted by molar-refractivity contribution is 5.98. The predicted molar refractivity (Wildman–Crippen MR) is 103 cm³/mol. The average molecular weight is 389 g/mol. The van der Waals surface area contributed by atoms with E-state index < -0.39 is 5.82 Å². The van der Waals surface area contributed by atoms with Crippen molar-refractivity contribution in [3.05, 3.63) is 35.6 Å². The highest BCUT2D eigenvalue weighted by Crippen LogP contribution is 2.13. The molecule has 2 amide bonds. The second kappa shape index (κ2) is 9.78. The lowest BCUT2D eigenvalue weighted by Crippen LogP contribution is -2.51. The molecule has 0 aliphatic carbocycles. The van der Waals surface area contributed by atoms with E-state index in [0.717, 1.165) is 19.6 Å². The first-order chi connectivity index (χ1) is 13.5. The second-order valence-electron chi connectivity index (χ2n) is 7.46. The van der Waals surface area contributed by atoms with Crippen molar-refractivity contribution >= 4 is 17.6 Å². The molecule has 152 valence electrons. The Morgan fingerprint density at radius 3 is 1.96 bits per heavy atom. The van der Waals surface area contributed by atoms with Crippen LogP contribution in [-0.4, -0.2) is 78.1 Å². The molecule has 7 heteroatoms. The van der Waals surface area contributed by atoms with Crippen molar-refractivity contribution in [2.24, 2.45) is 0 Å². The van der Waals surface area contributed by atoms with Gasteiger partial charge < -0.3 is 14.7 Å². The molecular formula is C21H28FN3O3. The molecule has 0 N–H and O–H groups in total. The van der Waals surface area contributed by atoms with Gasteiger partial charge in [0.2, 0.25) is 11.8 Å². The van der Waals surface area contributed by atoms with E-state index in [2.05, 4.69) is 4.90 Å². The monoisotopic (exact) mass is 389 g/mol. The van der Waals surface area contributed by atoms with Crippen LogP contribution in [0.2, 0.25) is 0 Å². The quantitative estimate of drug-likeness (QED) is 0.669. The molecule has 0 unspecified atom stereocenters. The van der Waals surface area contributed by atoms with E-state index in [0.29, 0.717) is 32.6 Å². The minimum absolute atomic E-state index is 0.00521. The van der Waals surface area contributed by atoms with Gasteiger partial charge in [-0.2, -0.15) is 0 Å². The van der Waals surface area contributed by atoms with E-state index in [1.54, 1.807) is 11.0 Å². The summed E-state index contributed by atoms with van der Waals surface area (Å²) in [6.07, 6.45) is 3.03. The van der Waals surface area contributed by atoms with Crippen molar-refractivity contribution in [1.82, 2.24) is 14.7 Å². The molecule has 0 atom stereocenters. The molecule has 28 heavy (non-hydrogen) atoms. The molecule has 6 nitrogen and oxygen atoms in total. The number of rotatable bonds is 7. The van der Waals surface area contributed by atoms with Gasteiger partial charge in [-0.1, -0.05) is 12.1 Å². The number of hydrogen-bond acceptors (Lipinski definition) is 4. The van der Waals surface area contributed by atoms with Crippen LogP contribution in [0.5, 0.6) is 0 Å². The zero-order valence-corrected chi connectivity index (χ0v) is 16.2. The Morgan fingerprint density at radius 2 is 1.36 bits per heavy atom. The Labute approximate surface area is 165 Å². The lowest BCUT2D eigenvalue weighted by atomic mass is 10.1. The van der Waals surface area contributed by atoms with Gasteiger partial charge in [0.25, 0.3) is 0 Å². The first kappa shape index (κ1) is 20.5. The molecule has 0 radical (unpaired) electrons. The number of ketones is 1. The van der Waals surface area contributed by atoms with E-state index in [-0.39, 0.29) is 36.0 Å². The van der Waals surface area contributed by atoms with E-state index in [1.165, 1.54) is 31.0 Å². The number of carbonyl (C=O) groups excluding carboxylic acids is 3. The van der Waals surface area contributed by atoms with Crippen LogP contribution in [0.3, 0.4) is 0 Å². The number of Topliss-reactive ketones (excluding diaryl/α,β-unsaturated/α-hetero) is 1. The molecule has 3 rings (SSSR count). The van der Waals surface area contributed by atoms with E-state index in [4.69, 9.17) is 0 Å². The van der Waals surface area contributed by atoms with Crippen molar-refractivity contribution in [3.8, 4) is 0 Å². The van der Waals surface area contributed by atoms with E-state index in [9.17, 15) is 18.8 Å². The molecule has 2 aliphatic heterocycles. The summed E-state index contributed by atoms with van der Waals surface area (Å²) in [5.41, 5.74) is 0.0312. The fraction of sp³-hybridized carbons (Fsp3) is 0.571. The minimum atomic E-state index is -0.555. The van der Waals surface area contributed by atoms with Gasteiger partial charge in [0.05, 0.1) is 5.56 Å². The highest BCUT2D eigenvalue weighted by Gasteiger charge is 2.25. The van der Waals surface area contributed by atoms with Crippen LogP contribution in [0, 0.1) is 5.82 Å². The fourth-order valence-electron chi connectivity index (χ4n) is 3.82. The molecule has 1 aromatic rings. The number of amides is 2. The Kier molecular flexibility index (Phi) is 7.14. The molecule has 0 aromatic heterocycles. The van der Waals surface area contributed by atoms with Gasteiger partial charge in [-0.15, -0.1) is 0 Å². The highest BCUT2D eigenvalue weighted by atomic mass is 19.1. The molecule has 2 aliphatic rings. The molecule has 1 aromatic carbocycles. The van der Waals surface area contributed by atoms with Crippen LogP contribution in [0.4, 0.5) is 4.39 Å². The molecule has 2 heterocycles. The zero-order valence-electron chi connectivity index (χ0n) is 16.2. The Morgan fingerprint density at radius 1 is 0.786 bits per heavy atom. The van der Waals surface area contributed by atoms with Gasteiger partial charge in [-0.05, 0) is 38.1 Å². The summed E-state index contributed by atoms with van der Waals surface area (Å²) in [5.74, 6) is -0.884. The number of benzene rings is 1. The number of piperazine rings is 1. The van der Waals surface area contributed by atoms with Crippen LogP contribution in [0.15, 0.2) is 24.3 Å². The summed E-state index contributed by atoms with van der Waals surface area (Å²) in [6.45, 7) is 5.03. The number of likely N-dealkylation sites (tertiary alicyclic amines) is 1.